The van der Waals surface area contributed by atoms with Crippen molar-refractivity contribution in [3.8, 4) is 0 Å². The van der Waals surface area contributed by atoms with Crippen molar-refractivity contribution in [2.45, 2.75) is 0 Å². The van der Waals surface area contributed by atoms with Crippen molar-refractivity contribution in [1.29, 1.82) is 0 Å². The van der Waals surface area contributed by atoms with Gasteiger partial charge >= 0.3 is 0 Å². The van der Waals surface area contributed by atoms with Crippen LogP contribution in [0.3, 0.4) is 0 Å². The standard InChI is InChI=1S/C21H24N6O2/c1-24(2)19-17-13-15(6-7-18(17)22-14-23-19)26-9-11-27(12-10-26)21(29)16-5-4-8-25(3)20(16)28/h4-8,13-14H,9-12H2,1-3H3. The van der Waals surface area contributed by atoms with Crippen LogP contribution in [0.25, 0.3) is 10.9 Å². The van der Waals surface area contributed by atoms with E-state index in [9.17, 15) is 9.59 Å². The fourth-order valence-electron chi connectivity index (χ4n) is 3.68. The molecule has 1 aromatic carbocycles. The Morgan fingerprint density at radius 1 is 1.07 bits per heavy atom. The molecule has 0 spiro atoms. The number of fused-ring (bicyclic) bond motifs is 1. The minimum Gasteiger partial charge on any atom is -0.368 e. The average molecular weight is 392 g/mol. The van der Waals surface area contributed by atoms with Crippen LogP contribution in [0.5, 0.6) is 0 Å². The van der Waals surface area contributed by atoms with Crippen molar-refractivity contribution >= 4 is 28.3 Å². The molecular weight excluding hydrogens is 368 g/mol. The quantitative estimate of drug-likeness (QED) is 0.670. The number of nitrogens with zero attached hydrogens (tertiary/aromatic N) is 6. The van der Waals surface area contributed by atoms with Gasteiger partial charge in [0.2, 0.25) is 0 Å². The molecule has 0 atom stereocenters. The van der Waals surface area contributed by atoms with Crippen molar-refractivity contribution in [2.75, 3.05) is 50.1 Å². The molecule has 29 heavy (non-hydrogen) atoms. The fourth-order valence-corrected chi connectivity index (χ4v) is 3.68. The molecule has 1 aliphatic heterocycles. The van der Waals surface area contributed by atoms with Gasteiger partial charge < -0.3 is 19.3 Å². The molecule has 1 aliphatic rings. The number of carbonyl (C=O) groups excluding carboxylic acids is 1. The molecule has 2 aromatic heterocycles. The predicted molar refractivity (Wildman–Crippen MR) is 114 cm³/mol. The summed E-state index contributed by atoms with van der Waals surface area (Å²) < 4.78 is 1.43. The summed E-state index contributed by atoms with van der Waals surface area (Å²) >= 11 is 0. The Bertz CT molecular complexity index is 1120. The van der Waals surface area contributed by atoms with Gasteiger partial charge in [-0.2, -0.15) is 0 Å². The summed E-state index contributed by atoms with van der Waals surface area (Å²) in [6.45, 7) is 2.55. The Balaban J connectivity index is 1.52. The molecule has 150 valence electrons. The SMILES string of the molecule is CN(C)c1ncnc2ccc(N3CCN(C(=O)c4cccn(C)c4=O)CC3)cc12. The Kier molecular flexibility index (Phi) is 4.92. The van der Waals surface area contributed by atoms with Crippen LogP contribution in [0, 0.1) is 0 Å². The van der Waals surface area contributed by atoms with Crippen molar-refractivity contribution in [2.24, 2.45) is 7.05 Å². The van der Waals surface area contributed by atoms with Gasteiger partial charge in [-0.15, -0.1) is 0 Å². The summed E-state index contributed by atoms with van der Waals surface area (Å²) in [4.78, 5) is 39.7. The second kappa shape index (κ2) is 7.54. The van der Waals surface area contributed by atoms with Crippen LogP contribution < -0.4 is 15.4 Å². The number of hydrogen-bond donors (Lipinski definition) is 0. The van der Waals surface area contributed by atoms with E-state index >= 15 is 0 Å². The molecule has 1 saturated heterocycles. The highest BCUT2D eigenvalue weighted by atomic mass is 16.2. The first kappa shape index (κ1) is 18.9. The summed E-state index contributed by atoms with van der Waals surface area (Å²) in [6, 6.07) is 9.49. The van der Waals surface area contributed by atoms with Crippen molar-refractivity contribution < 1.29 is 4.79 Å². The van der Waals surface area contributed by atoms with E-state index in [1.807, 2.05) is 25.1 Å². The van der Waals surface area contributed by atoms with E-state index in [4.69, 9.17) is 0 Å². The van der Waals surface area contributed by atoms with E-state index in [1.165, 1.54) is 4.57 Å². The van der Waals surface area contributed by atoms with Crippen LogP contribution in [-0.2, 0) is 7.05 Å². The number of anilines is 2. The van der Waals surface area contributed by atoms with Gasteiger partial charge in [0.1, 0.15) is 17.7 Å². The topological polar surface area (TPSA) is 74.6 Å². The minimum atomic E-state index is -0.259. The highest BCUT2D eigenvalue weighted by molar-refractivity contribution is 5.94. The maximum atomic E-state index is 12.8. The molecule has 8 nitrogen and oxygen atoms in total. The summed E-state index contributed by atoms with van der Waals surface area (Å²) in [6.07, 6.45) is 3.23. The third kappa shape index (κ3) is 3.53. The van der Waals surface area contributed by atoms with Crippen LogP contribution >= 0.6 is 0 Å². The molecule has 8 heteroatoms. The van der Waals surface area contributed by atoms with Crippen LogP contribution in [0.4, 0.5) is 11.5 Å². The Hall–Kier alpha value is -3.42. The van der Waals surface area contributed by atoms with E-state index < -0.39 is 0 Å². The van der Waals surface area contributed by atoms with E-state index in [2.05, 4.69) is 27.0 Å². The molecule has 3 aromatic rings. The molecular formula is C21H24N6O2. The summed E-state index contributed by atoms with van der Waals surface area (Å²) in [5.41, 5.74) is 1.95. The first-order valence-corrected chi connectivity index (χ1v) is 9.57. The molecule has 1 fully saturated rings. The molecule has 0 N–H and O–H groups in total. The summed E-state index contributed by atoms with van der Waals surface area (Å²) in [7, 11) is 5.59. The molecule has 0 radical (unpaired) electrons. The van der Waals surface area contributed by atoms with Gasteiger partial charge in [0.25, 0.3) is 11.5 Å². The Morgan fingerprint density at radius 3 is 2.55 bits per heavy atom. The zero-order chi connectivity index (χ0) is 20.5. The molecule has 4 rings (SSSR count). The second-order valence-electron chi connectivity index (χ2n) is 7.41. The van der Waals surface area contributed by atoms with E-state index in [0.29, 0.717) is 26.2 Å². The first-order valence-electron chi connectivity index (χ1n) is 9.57. The monoisotopic (exact) mass is 392 g/mol. The number of aryl methyl sites for hydroxylation is 1. The highest BCUT2D eigenvalue weighted by Crippen LogP contribution is 2.27. The lowest BCUT2D eigenvalue weighted by Crippen LogP contribution is -2.49. The Morgan fingerprint density at radius 2 is 1.83 bits per heavy atom. The molecule has 0 bridgehead atoms. The van der Waals surface area contributed by atoms with Crippen molar-refractivity contribution in [3.63, 3.8) is 0 Å². The van der Waals surface area contributed by atoms with Crippen LogP contribution in [0.1, 0.15) is 10.4 Å². The van der Waals surface area contributed by atoms with Crippen LogP contribution in [-0.4, -0.2) is 65.6 Å². The maximum absolute atomic E-state index is 12.8. The van der Waals surface area contributed by atoms with Crippen molar-refractivity contribution in [3.05, 3.63) is 58.8 Å². The number of hydrogen-bond acceptors (Lipinski definition) is 6. The predicted octanol–water partition coefficient (Wildman–Crippen LogP) is 1.36. The normalized spacial score (nSPS) is 14.3. The fraction of sp³-hybridized carbons (Fsp3) is 0.333. The van der Waals surface area contributed by atoms with Gasteiger partial charge in [0, 0.05) is 64.6 Å². The van der Waals surface area contributed by atoms with Gasteiger partial charge in [-0.3, -0.25) is 9.59 Å². The smallest absolute Gasteiger partial charge is 0.263 e. The number of amides is 1. The second-order valence-corrected chi connectivity index (χ2v) is 7.41. The van der Waals surface area contributed by atoms with Gasteiger partial charge in [-0.1, -0.05) is 0 Å². The van der Waals surface area contributed by atoms with E-state index in [-0.39, 0.29) is 17.0 Å². The van der Waals surface area contributed by atoms with Crippen LogP contribution in [0.2, 0.25) is 0 Å². The minimum absolute atomic E-state index is 0.201. The average Bonchev–Trinajstić information content (AvgIpc) is 2.74. The summed E-state index contributed by atoms with van der Waals surface area (Å²) in [5, 5.41) is 1.00. The number of pyridine rings is 1. The number of piperazine rings is 1. The highest BCUT2D eigenvalue weighted by Gasteiger charge is 2.24. The van der Waals surface area contributed by atoms with Gasteiger partial charge in [0.15, 0.2) is 0 Å². The zero-order valence-electron chi connectivity index (χ0n) is 16.9. The number of carbonyl (C=O) groups is 1. The zero-order valence-corrected chi connectivity index (χ0v) is 16.9. The molecule has 0 saturated carbocycles. The third-order valence-electron chi connectivity index (χ3n) is 5.31. The lowest BCUT2D eigenvalue weighted by Gasteiger charge is -2.36. The van der Waals surface area contributed by atoms with Gasteiger partial charge in [-0.05, 0) is 30.3 Å². The lowest BCUT2D eigenvalue weighted by molar-refractivity contribution is 0.0744. The van der Waals surface area contributed by atoms with Gasteiger partial charge in [0.05, 0.1) is 5.52 Å². The third-order valence-corrected chi connectivity index (χ3v) is 5.31. The first-order chi connectivity index (χ1) is 14.0. The van der Waals surface area contributed by atoms with E-state index in [1.54, 1.807) is 36.6 Å². The summed E-state index contributed by atoms with van der Waals surface area (Å²) in [5.74, 6) is 0.679. The number of benzene rings is 1. The Labute approximate surface area is 169 Å². The molecule has 1 amide bonds. The van der Waals surface area contributed by atoms with Crippen molar-refractivity contribution in [1.82, 2.24) is 19.4 Å². The van der Waals surface area contributed by atoms with Gasteiger partial charge in [-0.25, -0.2) is 9.97 Å². The number of aromatic nitrogens is 3. The maximum Gasteiger partial charge on any atom is 0.263 e. The number of rotatable bonds is 3. The van der Waals surface area contributed by atoms with Crippen LogP contribution in [0.15, 0.2) is 47.7 Å². The lowest BCUT2D eigenvalue weighted by atomic mass is 10.1. The molecule has 0 aliphatic carbocycles. The molecule has 0 unspecified atom stereocenters. The largest absolute Gasteiger partial charge is 0.368 e. The molecule has 3 heterocycles. The van der Waals surface area contributed by atoms with E-state index in [0.717, 1.165) is 22.4 Å².